The fourth-order valence-corrected chi connectivity index (χ4v) is 1.89. The number of aromatic nitrogens is 4. The molecule has 0 radical (unpaired) electrons. The number of hydrogen-bond acceptors (Lipinski definition) is 5. The molecule has 2 aromatic rings. The third-order valence-electron chi connectivity index (χ3n) is 2.90. The van der Waals surface area contributed by atoms with Gasteiger partial charge in [-0.15, -0.1) is 0 Å². The number of halogens is 1. The van der Waals surface area contributed by atoms with Gasteiger partial charge < -0.3 is 10.1 Å². The molecule has 0 aliphatic heterocycles. The van der Waals surface area contributed by atoms with E-state index in [9.17, 15) is 0 Å². The minimum Gasteiger partial charge on any atom is -0.383 e. The van der Waals surface area contributed by atoms with Crippen LogP contribution in [0.1, 0.15) is 17.0 Å². The molecule has 108 valence electrons. The summed E-state index contributed by atoms with van der Waals surface area (Å²) in [5, 5.41) is 8.21. The van der Waals surface area contributed by atoms with E-state index >= 15 is 0 Å². The second-order valence-corrected chi connectivity index (χ2v) is 4.84. The molecule has 0 spiro atoms. The average molecular weight is 296 g/mol. The zero-order valence-corrected chi connectivity index (χ0v) is 12.6. The number of nitrogens with one attached hydrogen (secondary N) is 1. The Balaban J connectivity index is 2.06. The van der Waals surface area contributed by atoms with Gasteiger partial charge in [0.15, 0.2) is 0 Å². The highest BCUT2D eigenvalue weighted by Crippen LogP contribution is 2.20. The number of hydrogen-bond donors (Lipinski definition) is 1. The van der Waals surface area contributed by atoms with Gasteiger partial charge in [-0.2, -0.15) is 5.10 Å². The second-order valence-electron chi connectivity index (χ2n) is 4.46. The molecule has 0 fully saturated rings. The van der Waals surface area contributed by atoms with Crippen LogP contribution >= 0.6 is 11.6 Å². The van der Waals surface area contributed by atoms with Gasteiger partial charge in [0.05, 0.1) is 23.0 Å². The van der Waals surface area contributed by atoms with E-state index in [-0.39, 0.29) is 0 Å². The molecule has 2 aromatic heterocycles. The van der Waals surface area contributed by atoms with E-state index in [4.69, 9.17) is 16.3 Å². The lowest BCUT2D eigenvalue weighted by Gasteiger charge is -2.05. The summed E-state index contributed by atoms with van der Waals surface area (Å²) in [6.45, 7) is 5.95. The van der Waals surface area contributed by atoms with Crippen molar-refractivity contribution in [3.05, 3.63) is 34.4 Å². The van der Waals surface area contributed by atoms with E-state index in [0.29, 0.717) is 24.1 Å². The van der Waals surface area contributed by atoms with Gasteiger partial charge in [-0.25, -0.2) is 14.6 Å². The van der Waals surface area contributed by atoms with Crippen molar-refractivity contribution in [2.24, 2.45) is 0 Å². The molecule has 0 bridgehead atoms. The first kappa shape index (κ1) is 14.9. The highest BCUT2D eigenvalue weighted by molar-refractivity contribution is 6.31. The first-order chi connectivity index (χ1) is 9.63. The van der Waals surface area contributed by atoms with Crippen LogP contribution in [0.2, 0.25) is 5.02 Å². The Morgan fingerprint density at radius 2 is 2.00 bits per heavy atom. The van der Waals surface area contributed by atoms with E-state index in [1.165, 1.54) is 0 Å². The summed E-state index contributed by atoms with van der Waals surface area (Å²) in [7, 11) is 1.68. The van der Waals surface area contributed by atoms with Crippen molar-refractivity contribution >= 4 is 11.6 Å². The van der Waals surface area contributed by atoms with Crippen molar-refractivity contribution in [3.63, 3.8) is 0 Å². The maximum atomic E-state index is 6.12. The average Bonchev–Trinajstić information content (AvgIpc) is 2.72. The third-order valence-corrected chi connectivity index (χ3v) is 3.44. The van der Waals surface area contributed by atoms with Crippen LogP contribution in [0, 0.1) is 13.8 Å². The Labute approximate surface area is 123 Å². The summed E-state index contributed by atoms with van der Waals surface area (Å²) in [6.07, 6.45) is 3.57. The van der Waals surface area contributed by atoms with Crippen molar-refractivity contribution in [3.8, 4) is 5.95 Å². The van der Waals surface area contributed by atoms with Gasteiger partial charge in [0.25, 0.3) is 5.95 Å². The van der Waals surface area contributed by atoms with Gasteiger partial charge in [-0.3, -0.25) is 0 Å². The molecule has 0 saturated heterocycles. The van der Waals surface area contributed by atoms with Crippen molar-refractivity contribution < 1.29 is 4.74 Å². The van der Waals surface area contributed by atoms with Gasteiger partial charge in [-0.1, -0.05) is 11.6 Å². The van der Waals surface area contributed by atoms with E-state index in [0.717, 1.165) is 23.5 Å². The van der Waals surface area contributed by atoms with Crippen LogP contribution in [0.4, 0.5) is 0 Å². The summed E-state index contributed by atoms with van der Waals surface area (Å²) in [5.41, 5.74) is 2.63. The zero-order valence-electron chi connectivity index (χ0n) is 11.9. The maximum absolute atomic E-state index is 6.12. The Morgan fingerprint density at radius 1 is 1.30 bits per heavy atom. The van der Waals surface area contributed by atoms with Gasteiger partial charge in [0, 0.05) is 38.2 Å². The fourth-order valence-electron chi connectivity index (χ4n) is 1.77. The summed E-state index contributed by atoms with van der Waals surface area (Å²) < 4.78 is 6.62. The van der Waals surface area contributed by atoms with Crippen LogP contribution in [0.15, 0.2) is 12.4 Å². The van der Waals surface area contributed by atoms with Crippen molar-refractivity contribution in [2.45, 2.75) is 20.4 Å². The molecule has 2 rings (SSSR count). The lowest BCUT2D eigenvalue weighted by molar-refractivity contribution is 0.199. The number of nitrogens with zero attached hydrogens (tertiary/aromatic N) is 4. The highest BCUT2D eigenvalue weighted by atomic mass is 35.5. The molecule has 0 aliphatic rings. The normalized spacial score (nSPS) is 11.0. The van der Waals surface area contributed by atoms with Gasteiger partial charge in [0.1, 0.15) is 0 Å². The van der Waals surface area contributed by atoms with Gasteiger partial charge >= 0.3 is 0 Å². The van der Waals surface area contributed by atoms with E-state index in [2.05, 4.69) is 20.4 Å². The maximum Gasteiger partial charge on any atom is 0.250 e. The first-order valence-corrected chi connectivity index (χ1v) is 6.74. The molecule has 0 atom stereocenters. The lowest BCUT2D eigenvalue weighted by Crippen LogP contribution is -2.19. The Morgan fingerprint density at radius 3 is 2.55 bits per heavy atom. The fraction of sp³-hybridized carbons (Fsp3) is 0.462. The molecule has 7 heteroatoms. The molecule has 0 saturated carbocycles. The number of ether oxygens (including phenoxy) is 1. The molecule has 20 heavy (non-hydrogen) atoms. The molecule has 0 aromatic carbocycles. The number of rotatable bonds is 6. The first-order valence-electron chi connectivity index (χ1n) is 6.36. The van der Waals surface area contributed by atoms with Crippen molar-refractivity contribution in [2.75, 3.05) is 20.3 Å². The predicted molar refractivity (Wildman–Crippen MR) is 77.2 cm³/mol. The van der Waals surface area contributed by atoms with E-state index in [1.807, 2.05) is 13.8 Å². The minimum absolute atomic E-state index is 0.526. The number of aryl methyl sites for hydroxylation is 1. The van der Waals surface area contributed by atoms with Crippen molar-refractivity contribution in [1.29, 1.82) is 0 Å². The number of methoxy groups -OCH3 is 1. The largest absolute Gasteiger partial charge is 0.383 e. The van der Waals surface area contributed by atoms with E-state index in [1.54, 1.807) is 24.2 Å². The third kappa shape index (κ3) is 3.33. The molecule has 0 aliphatic carbocycles. The molecule has 6 nitrogen and oxygen atoms in total. The van der Waals surface area contributed by atoms with Crippen LogP contribution in [-0.2, 0) is 11.3 Å². The van der Waals surface area contributed by atoms with Crippen molar-refractivity contribution in [1.82, 2.24) is 25.1 Å². The Bertz CT molecular complexity index is 567. The monoisotopic (exact) mass is 295 g/mol. The molecule has 0 amide bonds. The Kier molecular flexibility index (Phi) is 5.05. The van der Waals surface area contributed by atoms with Crippen LogP contribution in [0.5, 0.6) is 0 Å². The SMILES string of the molecule is COCCNCc1cnc(-n2nc(C)c(Cl)c2C)nc1. The molecule has 0 unspecified atom stereocenters. The second kappa shape index (κ2) is 6.78. The molecular formula is C13H18ClN5O. The molecular weight excluding hydrogens is 278 g/mol. The van der Waals surface area contributed by atoms with E-state index < -0.39 is 0 Å². The van der Waals surface area contributed by atoms with Crippen LogP contribution in [0.25, 0.3) is 5.95 Å². The topological polar surface area (TPSA) is 64.9 Å². The summed E-state index contributed by atoms with van der Waals surface area (Å²) in [6, 6.07) is 0. The molecule has 2 heterocycles. The minimum atomic E-state index is 0.526. The predicted octanol–water partition coefficient (Wildman–Crippen LogP) is 1.67. The summed E-state index contributed by atoms with van der Waals surface area (Å²) >= 11 is 6.12. The van der Waals surface area contributed by atoms with Crippen LogP contribution < -0.4 is 5.32 Å². The van der Waals surface area contributed by atoms with Gasteiger partial charge in [-0.05, 0) is 13.8 Å². The zero-order chi connectivity index (χ0) is 14.5. The highest BCUT2D eigenvalue weighted by Gasteiger charge is 2.12. The summed E-state index contributed by atoms with van der Waals surface area (Å²) in [4.78, 5) is 8.65. The smallest absolute Gasteiger partial charge is 0.250 e. The Hall–Kier alpha value is -1.50. The van der Waals surface area contributed by atoms with Crippen LogP contribution in [-0.4, -0.2) is 40.0 Å². The molecule has 1 N–H and O–H groups in total. The standard InChI is InChI=1S/C13H18ClN5O/c1-9-12(14)10(2)19(18-9)13-16-7-11(8-17-13)6-15-4-5-20-3/h7-8,15H,4-6H2,1-3H3. The van der Waals surface area contributed by atoms with Gasteiger partial charge in [0.2, 0.25) is 0 Å². The van der Waals surface area contributed by atoms with Crippen LogP contribution in [0.3, 0.4) is 0 Å². The summed E-state index contributed by atoms with van der Waals surface area (Å²) in [5.74, 6) is 0.526. The lowest BCUT2D eigenvalue weighted by atomic mass is 10.3. The quantitative estimate of drug-likeness (QED) is 0.821.